The van der Waals surface area contributed by atoms with E-state index in [1.54, 1.807) is 11.0 Å². The minimum atomic E-state index is -0.425. The molecule has 1 atom stereocenters. The highest BCUT2D eigenvalue weighted by atomic mass is 19.1. The van der Waals surface area contributed by atoms with Gasteiger partial charge in [0.1, 0.15) is 5.82 Å². The number of likely N-dealkylation sites (tertiary alicyclic amines) is 1. The molecule has 21 heavy (non-hydrogen) atoms. The summed E-state index contributed by atoms with van der Waals surface area (Å²) in [6.45, 7) is 4.77. The Morgan fingerprint density at radius 2 is 2.14 bits per heavy atom. The van der Waals surface area contributed by atoms with Gasteiger partial charge in [0.25, 0.3) is 5.91 Å². The van der Waals surface area contributed by atoms with Crippen LogP contribution >= 0.6 is 0 Å². The summed E-state index contributed by atoms with van der Waals surface area (Å²) in [6.07, 6.45) is 0.701. The maximum Gasteiger partial charge on any atom is 0.315 e. The Kier molecular flexibility index (Phi) is 4.77. The number of hydrogen-bond donors (Lipinski definition) is 2. The van der Waals surface area contributed by atoms with Crippen LogP contribution in [0.1, 0.15) is 30.6 Å². The molecule has 0 bridgehead atoms. The molecule has 3 amide bonds. The molecular weight excluding hydrogens is 273 g/mol. The summed E-state index contributed by atoms with van der Waals surface area (Å²) in [5, 5.41) is 5.59. The fourth-order valence-corrected chi connectivity index (χ4v) is 2.36. The number of carbonyl (C=O) groups excluding carboxylic acids is 2. The topological polar surface area (TPSA) is 61.4 Å². The van der Waals surface area contributed by atoms with Gasteiger partial charge in [-0.1, -0.05) is 6.07 Å². The highest BCUT2D eigenvalue weighted by molar-refractivity contribution is 5.94. The zero-order chi connectivity index (χ0) is 15.4. The molecule has 0 aromatic heterocycles. The lowest BCUT2D eigenvalue weighted by molar-refractivity contribution is 0.0789. The van der Waals surface area contributed by atoms with Crippen LogP contribution in [0.25, 0.3) is 0 Å². The summed E-state index contributed by atoms with van der Waals surface area (Å²) in [5.41, 5.74) is 0.335. The van der Waals surface area contributed by atoms with Gasteiger partial charge in [-0.05, 0) is 38.5 Å². The first-order chi connectivity index (χ1) is 9.95. The van der Waals surface area contributed by atoms with E-state index in [0.29, 0.717) is 25.1 Å². The van der Waals surface area contributed by atoms with Gasteiger partial charge in [-0.15, -0.1) is 0 Å². The zero-order valence-electron chi connectivity index (χ0n) is 12.2. The van der Waals surface area contributed by atoms with Crippen LogP contribution in [0.5, 0.6) is 0 Å². The van der Waals surface area contributed by atoms with Gasteiger partial charge in [0, 0.05) is 30.7 Å². The van der Waals surface area contributed by atoms with Gasteiger partial charge in [0.05, 0.1) is 0 Å². The van der Waals surface area contributed by atoms with Gasteiger partial charge < -0.3 is 15.5 Å². The van der Waals surface area contributed by atoms with E-state index >= 15 is 0 Å². The summed E-state index contributed by atoms with van der Waals surface area (Å²) < 4.78 is 13.1. The Morgan fingerprint density at radius 3 is 2.81 bits per heavy atom. The van der Waals surface area contributed by atoms with E-state index < -0.39 is 5.82 Å². The van der Waals surface area contributed by atoms with Crippen molar-refractivity contribution in [1.82, 2.24) is 15.5 Å². The zero-order valence-corrected chi connectivity index (χ0v) is 12.2. The maximum absolute atomic E-state index is 13.1. The van der Waals surface area contributed by atoms with Crippen molar-refractivity contribution in [3.8, 4) is 0 Å². The minimum absolute atomic E-state index is 0.0661. The van der Waals surface area contributed by atoms with Crippen LogP contribution in [0, 0.1) is 5.82 Å². The number of nitrogens with zero attached hydrogens (tertiary/aromatic N) is 1. The van der Waals surface area contributed by atoms with Crippen molar-refractivity contribution in [2.24, 2.45) is 0 Å². The lowest BCUT2D eigenvalue weighted by Crippen LogP contribution is -2.45. The van der Waals surface area contributed by atoms with Crippen LogP contribution in [0.3, 0.4) is 0 Å². The highest BCUT2D eigenvalue weighted by Gasteiger charge is 2.28. The highest BCUT2D eigenvalue weighted by Crippen LogP contribution is 2.14. The predicted octanol–water partition coefficient (Wildman–Crippen LogP) is 1.75. The van der Waals surface area contributed by atoms with Crippen molar-refractivity contribution in [1.29, 1.82) is 0 Å². The molecule has 114 valence electrons. The van der Waals surface area contributed by atoms with Crippen LogP contribution in [-0.4, -0.2) is 42.0 Å². The number of rotatable bonds is 3. The molecule has 1 aliphatic heterocycles. The normalized spacial score (nSPS) is 17.9. The Bertz CT molecular complexity index is 533. The molecule has 0 saturated carbocycles. The third kappa shape index (κ3) is 4.18. The van der Waals surface area contributed by atoms with E-state index in [1.807, 2.05) is 13.8 Å². The minimum Gasteiger partial charge on any atom is -0.337 e. The Morgan fingerprint density at radius 1 is 1.38 bits per heavy atom. The molecule has 1 fully saturated rings. The van der Waals surface area contributed by atoms with E-state index in [1.165, 1.54) is 18.2 Å². The fraction of sp³-hybridized carbons (Fsp3) is 0.467. The fourth-order valence-electron chi connectivity index (χ4n) is 2.36. The molecule has 1 saturated heterocycles. The summed E-state index contributed by atoms with van der Waals surface area (Å²) in [5.74, 6) is -0.630. The smallest absolute Gasteiger partial charge is 0.315 e. The molecule has 1 aliphatic rings. The molecule has 6 heteroatoms. The molecule has 0 radical (unpaired) electrons. The second-order valence-electron chi connectivity index (χ2n) is 5.52. The van der Waals surface area contributed by atoms with Gasteiger partial charge in [0.15, 0.2) is 0 Å². The number of carbonyl (C=O) groups is 2. The summed E-state index contributed by atoms with van der Waals surface area (Å²) >= 11 is 0. The van der Waals surface area contributed by atoms with Gasteiger partial charge in [-0.25, -0.2) is 9.18 Å². The number of halogens is 1. The van der Waals surface area contributed by atoms with E-state index in [0.717, 1.165) is 0 Å². The van der Waals surface area contributed by atoms with Crippen LogP contribution in [-0.2, 0) is 0 Å². The first-order valence-electron chi connectivity index (χ1n) is 7.07. The lowest BCUT2D eigenvalue weighted by Gasteiger charge is -2.18. The van der Waals surface area contributed by atoms with Gasteiger partial charge in [0.2, 0.25) is 0 Å². The molecule has 5 nitrogen and oxygen atoms in total. The summed E-state index contributed by atoms with van der Waals surface area (Å²) in [6, 6.07) is 5.42. The van der Waals surface area contributed by atoms with E-state index in [4.69, 9.17) is 0 Å². The third-order valence-electron chi connectivity index (χ3n) is 3.30. The van der Waals surface area contributed by atoms with Crippen molar-refractivity contribution >= 4 is 11.9 Å². The summed E-state index contributed by atoms with van der Waals surface area (Å²) in [7, 11) is 0. The average Bonchev–Trinajstić information content (AvgIpc) is 2.85. The van der Waals surface area contributed by atoms with Gasteiger partial charge in [-0.3, -0.25) is 4.79 Å². The average molecular weight is 293 g/mol. The molecule has 1 aromatic rings. The van der Waals surface area contributed by atoms with E-state index in [9.17, 15) is 14.0 Å². The molecule has 0 spiro atoms. The predicted molar refractivity (Wildman–Crippen MR) is 77.5 cm³/mol. The molecule has 1 aromatic carbocycles. The number of amides is 3. The number of hydrogen-bond acceptors (Lipinski definition) is 2. The second kappa shape index (κ2) is 6.56. The SMILES string of the molecule is CC(C)NC(=O)NC1CCN(C(=O)c2cccc(F)c2)C1. The number of nitrogens with one attached hydrogen (secondary N) is 2. The second-order valence-corrected chi connectivity index (χ2v) is 5.52. The van der Waals surface area contributed by atoms with Crippen molar-refractivity contribution in [3.63, 3.8) is 0 Å². The van der Waals surface area contributed by atoms with Crippen molar-refractivity contribution in [2.45, 2.75) is 32.4 Å². The largest absolute Gasteiger partial charge is 0.337 e. The number of urea groups is 1. The molecular formula is C15H20FN3O2. The summed E-state index contributed by atoms with van der Waals surface area (Å²) in [4.78, 5) is 25.5. The third-order valence-corrected chi connectivity index (χ3v) is 3.30. The molecule has 2 rings (SSSR count). The van der Waals surface area contributed by atoms with E-state index in [-0.39, 0.29) is 24.0 Å². The molecule has 1 unspecified atom stereocenters. The number of benzene rings is 1. The van der Waals surface area contributed by atoms with Gasteiger partial charge >= 0.3 is 6.03 Å². The van der Waals surface area contributed by atoms with Crippen LogP contribution in [0.4, 0.5) is 9.18 Å². The standard InChI is InChI=1S/C15H20FN3O2/c1-10(2)17-15(21)18-13-6-7-19(9-13)14(20)11-4-3-5-12(16)8-11/h3-5,8,10,13H,6-7,9H2,1-2H3,(H2,17,18,21). The monoisotopic (exact) mass is 293 g/mol. The maximum atomic E-state index is 13.1. The Hall–Kier alpha value is -2.11. The van der Waals surface area contributed by atoms with Gasteiger partial charge in [-0.2, -0.15) is 0 Å². The Balaban J connectivity index is 1.90. The van der Waals surface area contributed by atoms with Crippen molar-refractivity contribution in [2.75, 3.05) is 13.1 Å². The first kappa shape index (κ1) is 15.3. The van der Waals surface area contributed by atoms with Crippen molar-refractivity contribution < 1.29 is 14.0 Å². The Labute approximate surface area is 123 Å². The molecule has 0 aliphatic carbocycles. The van der Waals surface area contributed by atoms with Crippen LogP contribution in [0.15, 0.2) is 24.3 Å². The molecule has 1 heterocycles. The van der Waals surface area contributed by atoms with Crippen LogP contribution in [0.2, 0.25) is 0 Å². The first-order valence-corrected chi connectivity index (χ1v) is 7.07. The van der Waals surface area contributed by atoms with E-state index in [2.05, 4.69) is 10.6 Å². The molecule has 2 N–H and O–H groups in total. The van der Waals surface area contributed by atoms with Crippen LogP contribution < -0.4 is 10.6 Å². The van der Waals surface area contributed by atoms with Crippen molar-refractivity contribution in [3.05, 3.63) is 35.6 Å². The lowest BCUT2D eigenvalue weighted by atomic mass is 10.2. The quantitative estimate of drug-likeness (QED) is 0.892.